The molecule has 0 aromatic carbocycles. The quantitative estimate of drug-likeness (QED) is 0.0487. The summed E-state index contributed by atoms with van der Waals surface area (Å²) < 4.78 is 50.4. The van der Waals surface area contributed by atoms with Crippen LogP contribution in [-0.2, 0) is 42.6 Å². The topological polar surface area (TPSA) is 86.4 Å². The summed E-state index contributed by atoms with van der Waals surface area (Å²) in [5, 5.41) is 0. The molecule has 3 unspecified atom stereocenters. The van der Waals surface area contributed by atoms with Gasteiger partial charge < -0.3 is 42.6 Å². The van der Waals surface area contributed by atoms with Crippen LogP contribution in [0.5, 0.6) is 0 Å². The fourth-order valence-electron chi connectivity index (χ4n) is 5.14. The summed E-state index contributed by atoms with van der Waals surface area (Å²) in [4.78, 5) is 0. The summed E-state index contributed by atoms with van der Waals surface area (Å²) in [7, 11) is 6.35. The van der Waals surface area contributed by atoms with E-state index >= 15 is 0 Å². The van der Waals surface area contributed by atoms with E-state index in [1.54, 1.807) is 28.4 Å². The lowest BCUT2D eigenvalue weighted by molar-refractivity contribution is -0.405. The van der Waals surface area contributed by atoms with E-state index in [0.717, 1.165) is 32.3 Å². The van der Waals surface area contributed by atoms with Crippen molar-refractivity contribution in [3.05, 3.63) is 0 Å². The van der Waals surface area contributed by atoms with Gasteiger partial charge in [0.05, 0.1) is 25.7 Å². The van der Waals surface area contributed by atoms with E-state index in [2.05, 4.69) is 13.8 Å². The van der Waals surface area contributed by atoms with Gasteiger partial charge in [-0.05, 0) is 33.6 Å². The maximum Gasteiger partial charge on any atom is 0.310 e. The van der Waals surface area contributed by atoms with Crippen LogP contribution >= 0.6 is 0 Å². The Hall–Kier alpha value is -0.360. The lowest BCUT2D eigenvalue weighted by Crippen LogP contribution is -2.48. The van der Waals surface area contributed by atoms with Crippen molar-refractivity contribution in [2.45, 2.75) is 142 Å². The van der Waals surface area contributed by atoms with Gasteiger partial charge in [-0.15, -0.1) is 0 Å². The molecule has 0 spiro atoms. The molecule has 1 rings (SSSR count). The van der Waals surface area contributed by atoms with Gasteiger partial charge in [-0.1, -0.05) is 84.5 Å². The summed E-state index contributed by atoms with van der Waals surface area (Å²) in [6.45, 7) is 14.1. The molecule has 3 atom stereocenters. The van der Waals surface area contributed by atoms with Crippen LogP contribution in [0.25, 0.3) is 0 Å². The average molecular weight is 609 g/mol. The first-order valence-electron chi connectivity index (χ1n) is 16.7. The van der Waals surface area contributed by atoms with Gasteiger partial charge in [-0.25, -0.2) is 0 Å². The lowest BCUT2D eigenvalue weighted by Gasteiger charge is -2.39. The van der Waals surface area contributed by atoms with Gasteiger partial charge in [-0.3, -0.25) is 0 Å². The molecule has 9 nitrogen and oxygen atoms in total. The van der Waals surface area contributed by atoms with Crippen molar-refractivity contribution in [1.82, 2.24) is 0 Å². The number of rotatable bonds is 29. The van der Waals surface area contributed by atoms with Gasteiger partial charge >= 0.3 is 5.97 Å². The zero-order valence-corrected chi connectivity index (χ0v) is 28.8. The fourth-order valence-corrected chi connectivity index (χ4v) is 5.14. The first-order chi connectivity index (χ1) is 20.4. The SMILES string of the molecule is CCCCCCCC(OC)C(OC)(OC)OC.CCCCCCCCC(COCC1CO1)C(OCC)(OCC)OCC. The van der Waals surface area contributed by atoms with Crippen molar-refractivity contribution >= 4 is 0 Å². The molecule has 254 valence electrons. The van der Waals surface area contributed by atoms with E-state index in [4.69, 9.17) is 42.6 Å². The third kappa shape index (κ3) is 17.2. The molecule has 42 heavy (non-hydrogen) atoms. The molecule has 0 radical (unpaired) electrons. The molecule has 1 aliphatic rings. The fraction of sp³-hybridized carbons (Fsp3) is 1.00. The van der Waals surface area contributed by atoms with E-state index in [1.807, 2.05) is 20.8 Å². The lowest BCUT2D eigenvalue weighted by atomic mass is 9.98. The van der Waals surface area contributed by atoms with Gasteiger partial charge in [0.15, 0.2) is 0 Å². The Balaban J connectivity index is 0.000000865. The molecule has 0 aromatic heterocycles. The molecule has 0 N–H and O–H groups in total. The predicted molar refractivity (Wildman–Crippen MR) is 168 cm³/mol. The van der Waals surface area contributed by atoms with Gasteiger partial charge in [0, 0.05) is 48.3 Å². The molecule has 0 bridgehead atoms. The molecule has 9 heteroatoms. The zero-order chi connectivity index (χ0) is 31.5. The number of methoxy groups -OCH3 is 4. The van der Waals surface area contributed by atoms with E-state index in [1.165, 1.54) is 57.8 Å². The van der Waals surface area contributed by atoms with Crippen LogP contribution in [0.15, 0.2) is 0 Å². The van der Waals surface area contributed by atoms with E-state index < -0.39 is 11.9 Å². The van der Waals surface area contributed by atoms with Crippen LogP contribution in [0.3, 0.4) is 0 Å². The minimum Gasteiger partial charge on any atom is -0.378 e. The third-order valence-electron chi connectivity index (χ3n) is 7.57. The van der Waals surface area contributed by atoms with Crippen LogP contribution in [0.1, 0.15) is 118 Å². The molecule has 1 fully saturated rings. The Kier molecular flexibility index (Phi) is 26.8. The van der Waals surface area contributed by atoms with Crippen molar-refractivity contribution in [3.8, 4) is 0 Å². The van der Waals surface area contributed by atoms with Crippen molar-refractivity contribution in [2.24, 2.45) is 5.92 Å². The van der Waals surface area contributed by atoms with Crippen molar-refractivity contribution < 1.29 is 42.6 Å². The maximum atomic E-state index is 5.99. The van der Waals surface area contributed by atoms with Gasteiger partial charge in [0.1, 0.15) is 12.2 Å². The molecule has 0 amide bonds. The number of ether oxygens (including phenoxy) is 9. The van der Waals surface area contributed by atoms with E-state index in [9.17, 15) is 0 Å². The molecule has 0 saturated carbocycles. The number of unbranched alkanes of at least 4 members (excludes halogenated alkanes) is 9. The van der Waals surface area contributed by atoms with E-state index in [-0.39, 0.29) is 18.1 Å². The molecule has 1 saturated heterocycles. The van der Waals surface area contributed by atoms with Crippen molar-refractivity contribution in [1.29, 1.82) is 0 Å². The maximum absolute atomic E-state index is 5.99. The van der Waals surface area contributed by atoms with Gasteiger partial charge in [0.2, 0.25) is 0 Å². The number of hydrogen-bond acceptors (Lipinski definition) is 9. The first kappa shape index (κ1) is 41.6. The molecule has 1 heterocycles. The van der Waals surface area contributed by atoms with Gasteiger partial charge in [0.25, 0.3) is 5.97 Å². The molecular weight excluding hydrogens is 540 g/mol. The molecular formula is C33H68O9. The molecule has 1 aliphatic heterocycles. The van der Waals surface area contributed by atoms with Crippen LogP contribution in [0, 0.1) is 5.92 Å². The van der Waals surface area contributed by atoms with Crippen molar-refractivity contribution in [2.75, 3.05) is 68.1 Å². The largest absolute Gasteiger partial charge is 0.378 e. The smallest absolute Gasteiger partial charge is 0.310 e. The normalized spacial score (nSPS) is 16.6. The highest BCUT2D eigenvalue weighted by Crippen LogP contribution is 2.31. The average Bonchev–Trinajstić information content (AvgIpc) is 3.83. The second-order valence-electron chi connectivity index (χ2n) is 10.8. The number of epoxide rings is 1. The molecule has 0 aromatic rings. The Morgan fingerprint density at radius 3 is 1.48 bits per heavy atom. The number of hydrogen-bond donors (Lipinski definition) is 0. The summed E-state index contributed by atoms with van der Waals surface area (Å²) in [5.41, 5.74) is 0. The summed E-state index contributed by atoms with van der Waals surface area (Å²) in [6.07, 6.45) is 15.7. The second-order valence-corrected chi connectivity index (χ2v) is 10.8. The van der Waals surface area contributed by atoms with Crippen LogP contribution in [0.4, 0.5) is 0 Å². The summed E-state index contributed by atoms with van der Waals surface area (Å²) >= 11 is 0. The van der Waals surface area contributed by atoms with Crippen molar-refractivity contribution in [3.63, 3.8) is 0 Å². The van der Waals surface area contributed by atoms with E-state index in [0.29, 0.717) is 33.0 Å². The highest BCUT2D eigenvalue weighted by molar-refractivity contribution is 4.74. The zero-order valence-electron chi connectivity index (χ0n) is 28.8. The van der Waals surface area contributed by atoms with Crippen LogP contribution < -0.4 is 0 Å². The first-order valence-corrected chi connectivity index (χ1v) is 16.7. The monoisotopic (exact) mass is 608 g/mol. The minimum absolute atomic E-state index is 0.0669. The summed E-state index contributed by atoms with van der Waals surface area (Å²) in [6, 6.07) is 0. The standard InChI is InChI=1S/C20H40O5.C13H28O4/c1-5-9-10-11-12-13-14-18(15-21-16-19-17-22-19)20(23-6-2,24-7-3)25-8-4;1-6-7-8-9-10-11-12(14-2)13(15-3,16-4)17-5/h18-19H,5-17H2,1-4H3;12H,6-11H2,1-5H3. The summed E-state index contributed by atoms with van der Waals surface area (Å²) in [5.74, 6) is -2.01. The predicted octanol–water partition coefficient (Wildman–Crippen LogP) is 7.49. The minimum atomic E-state index is -1.08. The van der Waals surface area contributed by atoms with Gasteiger partial charge in [-0.2, -0.15) is 0 Å². The Morgan fingerprint density at radius 2 is 1.07 bits per heavy atom. The molecule has 0 aliphatic carbocycles. The van der Waals surface area contributed by atoms with Crippen LogP contribution in [-0.4, -0.2) is 92.2 Å². The van der Waals surface area contributed by atoms with Crippen LogP contribution in [0.2, 0.25) is 0 Å². The highest BCUT2D eigenvalue weighted by atomic mass is 16.9. The Labute approximate surface area is 258 Å². The Morgan fingerprint density at radius 1 is 0.619 bits per heavy atom. The second kappa shape index (κ2) is 27.0. The third-order valence-corrected chi connectivity index (χ3v) is 7.57. The highest BCUT2D eigenvalue weighted by Gasteiger charge is 2.42. The Bertz CT molecular complexity index is 544.